The number of rotatable bonds is 3. The van der Waals surface area contributed by atoms with Crippen molar-refractivity contribution in [3.05, 3.63) is 46.2 Å². The molecule has 1 heterocycles. The molecule has 0 amide bonds. The van der Waals surface area contributed by atoms with Crippen molar-refractivity contribution < 1.29 is 8.42 Å². The van der Waals surface area contributed by atoms with Crippen molar-refractivity contribution in [3.63, 3.8) is 0 Å². The van der Waals surface area contributed by atoms with Crippen LogP contribution in [-0.2, 0) is 10.0 Å². The first kappa shape index (κ1) is 14.1. The number of halogens is 2. The molecule has 0 bridgehead atoms. The molecular weight excluding hydrogens is 354 g/mol. The summed E-state index contributed by atoms with van der Waals surface area (Å²) in [5.74, 6) is 0. The van der Waals surface area contributed by atoms with E-state index in [-0.39, 0.29) is 10.0 Å². The molecule has 0 unspecified atom stereocenters. The summed E-state index contributed by atoms with van der Waals surface area (Å²) in [4.78, 5) is 3.86. The van der Waals surface area contributed by atoms with E-state index >= 15 is 0 Å². The second kappa shape index (κ2) is 5.36. The molecule has 0 radical (unpaired) electrons. The van der Waals surface area contributed by atoms with Crippen molar-refractivity contribution in [3.8, 4) is 0 Å². The van der Waals surface area contributed by atoms with Gasteiger partial charge >= 0.3 is 0 Å². The minimum absolute atomic E-state index is 0.0578. The molecule has 3 N–H and O–H groups in total. The Balaban J connectivity index is 2.37. The van der Waals surface area contributed by atoms with Crippen LogP contribution >= 0.6 is 27.5 Å². The van der Waals surface area contributed by atoms with E-state index in [1.165, 1.54) is 24.4 Å². The average molecular weight is 363 g/mol. The lowest BCUT2D eigenvalue weighted by atomic mass is 10.3. The molecule has 0 aliphatic carbocycles. The minimum atomic E-state index is -3.74. The van der Waals surface area contributed by atoms with Gasteiger partial charge in [0.1, 0.15) is 10.0 Å². The second-order valence-corrected chi connectivity index (χ2v) is 6.56. The van der Waals surface area contributed by atoms with Crippen LogP contribution in [0.1, 0.15) is 0 Å². The van der Waals surface area contributed by atoms with Gasteiger partial charge in [0.15, 0.2) is 0 Å². The lowest BCUT2D eigenvalue weighted by Gasteiger charge is -2.10. The van der Waals surface area contributed by atoms with Crippen LogP contribution < -0.4 is 10.5 Å². The van der Waals surface area contributed by atoms with E-state index in [9.17, 15) is 8.42 Å². The smallest absolute Gasteiger partial charge is 0.263 e. The number of anilines is 2. The fourth-order valence-electron chi connectivity index (χ4n) is 1.37. The predicted molar refractivity (Wildman–Crippen MR) is 78.6 cm³/mol. The van der Waals surface area contributed by atoms with E-state index in [2.05, 4.69) is 25.6 Å². The normalized spacial score (nSPS) is 11.3. The topological polar surface area (TPSA) is 85.1 Å². The van der Waals surface area contributed by atoms with E-state index < -0.39 is 10.0 Å². The number of hydrogen-bond donors (Lipinski definition) is 2. The fourth-order valence-corrected chi connectivity index (χ4v) is 3.53. The number of sulfonamides is 1. The first-order valence-corrected chi connectivity index (χ1v) is 7.73. The molecule has 2 aromatic rings. The second-order valence-electron chi connectivity index (χ2n) is 3.66. The highest BCUT2D eigenvalue weighted by atomic mass is 79.9. The van der Waals surface area contributed by atoms with Crippen LogP contribution in [-0.4, -0.2) is 13.4 Å². The molecule has 0 aliphatic rings. The molecule has 19 heavy (non-hydrogen) atoms. The zero-order chi connectivity index (χ0) is 14.0. The molecule has 0 saturated carbocycles. The Bertz CT molecular complexity index is 704. The molecule has 0 fully saturated rings. The zero-order valence-corrected chi connectivity index (χ0v) is 12.6. The highest BCUT2D eigenvalue weighted by molar-refractivity contribution is 9.10. The maximum atomic E-state index is 12.2. The van der Waals surface area contributed by atoms with Crippen LogP contribution in [0.25, 0.3) is 0 Å². The number of nitrogen functional groups attached to an aromatic ring is 1. The number of nitrogens with one attached hydrogen (secondary N) is 1. The standard InChI is InChI=1S/C11H9BrClN3O2S/c12-9-3-1-7(14)5-10(9)19(17,18)16-8-2-4-11(13)15-6-8/h1-6,16H,14H2. The molecule has 5 nitrogen and oxygen atoms in total. The van der Waals surface area contributed by atoms with Crippen molar-refractivity contribution in [2.24, 2.45) is 0 Å². The third kappa shape index (κ3) is 3.37. The molecule has 2 rings (SSSR count). The van der Waals surface area contributed by atoms with Gasteiger partial charge in [-0.2, -0.15) is 0 Å². The minimum Gasteiger partial charge on any atom is -0.399 e. The van der Waals surface area contributed by atoms with Crippen molar-refractivity contribution in [2.75, 3.05) is 10.5 Å². The van der Waals surface area contributed by atoms with Gasteiger partial charge in [0, 0.05) is 10.2 Å². The van der Waals surface area contributed by atoms with E-state index in [0.717, 1.165) is 0 Å². The van der Waals surface area contributed by atoms with Crippen LogP contribution in [0.15, 0.2) is 45.9 Å². The van der Waals surface area contributed by atoms with Crippen molar-refractivity contribution >= 4 is 48.9 Å². The maximum Gasteiger partial charge on any atom is 0.263 e. The van der Waals surface area contributed by atoms with Gasteiger partial charge in [0.2, 0.25) is 0 Å². The Hall–Kier alpha value is -1.31. The van der Waals surface area contributed by atoms with Gasteiger partial charge in [0.05, 0.1) is 11.9 Å². The number of benzene rings is 1. The first-order chi connectivity index (χ1) is 8.88. The molecule has 0 atom stereocenters. The molecule has 0 spiro atoms. The van der Waals surface area contributed by atoms with E-state index in [4.69, 9.17) is 17.3 Å². The number of pyridine rings is 1. The quantitative estimate of drug-likeness (QED) is 0.649. The SMILES string of the molecule is Nc1ccc(Br)c(S(=O)(=O)Nc2ccc(Cl)nc2)c1. The monoisotopic (exact) mass is 361 g/mol. The van der Waals surface area contributed by atoms with Gasteiger partial charge in [-0.3, -0.25) is 4.72 Å². The molecule has 100 valence electrons. The van der Waals surface area contributed by atoms with Crippen LogP contribution in [0.5, 0.6) is 0 Å². The number of nitrogens with zero attached hydrogens (tertiary/aromatic N) is 1. The summed E-state index contributed by atoms with van der Waals surface area (Å²) in [7, 11) is -3.74. The largest absolute Gasteiger partial charge is 0.399 e. The summed E-state index contributed by atoms with van der Waals surface area (Å²) in [5, 5.41) is 0.285. The Morgan fingerprint density at radius 3 is 2.63 bits per heavy atom. The van der Waals surface area contributed by atoms with Gasteiger partial charge in [-0.1, -0.05) is 11.6 Å². The van der Waals surface area contributed by atoms with Gasteiger partial charge in [-0.05, 0) is 46.3 Å². The number of aromatic nitrogens is 1. The summed E-state index contributed by atoms with van der Waals surface area (Å²) >= 11 is 8.81. The van der Waals surface area contributed by atoms with Gasteiger partial charge in [-0.15, -0.1) is 0 Å². The summed E-state index contributed by atoms with van der Waals surface area (Å²) in [6.45, 7) is 0. The highest BCUT2D eigenvalue weighted by Crippen LogP contribution is 2.26. The maximum absolute atomic E-state index is 12.2. The van der Waals surface area contributed by atoms with Gasteiger partial charge in [-0.25, -0.2) is 13.4 Å². The van der Waals surface area contributed by atoms with Gasteiger partial charge in [0.25, 0.3) is 10.0 Å². The Labute approximate surface area is 124 Å². The predicted octanol–water partition coefficient (Wildman–Crippen LogP) is 2.88. The summed E-state index contributed by atoms with van der Waals surface area (Å²) < 4.78 is 27.2. The zero-order valence-electron chi connectivity index (χ0n) is 9.47. The van der Waals surface area contributed by atoms with Crippen LogP contribution in [0.2, 0.25) is 5.15 Å². The summed E-state index contributed by atoms with van der Waals surface area (Å²) in [5.41, 5.74) is 6.27. The van der Waals surface area contributed by atoms with Crippen molar-refractivity contribution in [1.82, 2.24) is 4.98 Å². The molecular formula is C11H9BrClN3O2S. The van der Waals surface area contributed by atoms with Crippen LogP contribution in [0.3, 0.4) is 0 Å². The number of hydrogen-bond acceptors (Lipinski definition) is 4. The number of nitrogens with two attached hydrogens (primary N) is 1. The molecule has 0 aliphatic heterocycles. The third-order valence-electron chi connectivity index (χ3n) is 2.22. The van der Waals surface area contributed by atoms with Crippen LogP contribution in [0.4, 0.5) is 11.4 Å². The lowest BCUT2D eigenvalue weighted by Crippen LogP contribution is -2.14. The molecule has 1 aromatic carbocycles. The highest BCUT2D eigenvalue weighted by Gasteiger charge is 2.18. The van der Waals surface area contributed by atoms with Crippen molar-refractivity contribution in [1.29, 1.82) is 0 Å². The van der Waals surface area contributed by atoms with E-state index in [1.807, 2.05) is 0 Å². The lowest BCUT2D eigenvalue weighted by molar-refractivity contribution is 0.601. The Morgan fingerprint density at radius 2 is 2.00 bits per heavy atom. The fraction of sp³-hybridized carbons (Fsp3) is 0. The molecule has 1 aromatic heterocycles. The Morgan fingerprint density at radius 1 is 1.26 bits per heavy atom. The molecule has 0 saturated heterocycles. The van der Waals surface area contributed by atoms with Gasteiger partial charge < -0.3 is 5.73 Å². The van der Waals surface area contributed by atoms with Crippen molar-refractivity contribution in [2.45, 2.75) is 4.90 Å². The first-order valence-electron chi connectivity index (χ1n) is 5.08. The van der Waals surface area contributed by atoms with E-state index in [0.29, 0.717) is 15.8 Å². The molecule has 8 heteroatoms. The van der Waals surface area contributed by atoms with E-state index in [1.54, 1.807) is 12.1 Å². The average Bonchev–Trinajstić information content (AvgIpc) is 2.35. The Kier molecular flexibility index (Phi) is 3.98. The van der Waals surface area contributed by atoms with Crippen LogP contribution in [0, 0.1) is 0 Å². The third-order valence-corrected chi connectivity index (χ3v) is 4.82. The summed E-state index contributed by atoms with van der Waals surface area (Å²) in [6, 6.07) is 7.56. The summed E-state index contributed by atoms with van der Waals surface area (Å²) in [6.07, 6.45) is 1.33.